The molecule has 2 heteroatoms. The van der Waals surface area contributed by atoms with Crippen molar-refractivity contribution in [2.45, 2.75) is 26.2 Å². The Bertz CT molecular complexity index is 346. The summed E-state index contributed by atoms with van der Waals surface area (Å²) in [7, 11) is 0. The van der Waals surface area contributed by atoms with Gasteiger partial charge in [-0.05, 0) is 29.5 Å². The van der Waals surface area contributed by atoms with Gasteiger partial charge in [-0.1, -0.05) is 38.6 Å². The second-order valence-electron chi connectivity index (χ2n) is 4.09. The molecule has 1 aromatic rings. The van der Waals surface area contributed by atoms with Crippen LogP contribution < -0.4 is 10.5 Å². The van der Waals surface area contributed by atoms with Crippen LogP contribution in [0.4, 0.5) is 0 Å². The molecule has 88 valence electrons. The summed E-state index contributed by atoms with van der Waals surface area (Å²) in [6.45, 7) is 9.20. The van der Waals surface area contributed by atoms with E-state index in [4.69, 9.17) is 10.5 Å². The van der Waals surface area contributed by atoms with Crippen molar-refractivity contribution in [1.29, 1.82) is 0 Å². The predicted molar refractivity (Wildman–Crippen MR) is 68.8 cm³/mol. The first kappa shape index (κ1) is 12.8. The van der Waals surface area contributed by atoms with Gasteiger partial charge in [-0.15, -0.1) is 0 Å². The fraction of sp³-hybridized carbons (Fsp3) is 0.429. The van der Waals surface area contributed by atoms with Crippen LogP contribution in [0.25, 0.3) is 0 Å². The number of rotatable bonds is 6. The molecule has 0 aliphatic rings. The number of benzene rings is 1. The van der Waals surface area contributed by atoms with Gasteiger partial charge in [0.2, 0.25) is 0 Å². The van der Waals surface area contributed by atoms with Gasteiger partial charge in [0.25, 0.3) is 0 Å². The smallest absolute Gasteiger partial charge is 0.123 e. The van der Waals surface area contributed by atoms with E-state index in [1.54, 1.807) is 0 Å². The lowest BCUT2D eigenvalue weighted by Gasteiger charge is -2.15. The van der Waals surface area contributed by atoms with Gasteiger partial charge in [-0.2, -0.15) is 0 Å². The van der Waals surface area contributed by atoms with E-state index < -0.39 is 0 Å². The molecule has 0 fully saturated rings. The predicted octanol–water partition coefficient (Wildman–Crippen LogP) is 3.09. The molecule has 0 radical (unpaired) electrons. The van der Waals surface area contributed by atoms with Crippen LogP contribution >= 0.6 is 0 Å². The van der Waals surface area contributed by atoms with Crippen molar-refractivity contribution < 1.29 is 4.74 Å². The zero-order valence-corrected chi connectivity index (χ0v) is 10.2. The second kappa shape index (κ2) is 6.33. The summed E-state index contributed by atoms with van der Waals surface area (Å²) in [5.74, 6) is 1.47. The maximum absolute atomic E-state index is 5.73. The highest BCUT2D eigenvalue weighted by atomic mass is 16.5. The Labute approximate surface area is 98.1 Å². The Morgan fingerprint density at radius 3 is 2.75 bits per heavy atom. The molecule has 0 aliphatic carbocycles. The summed E-state index contributed by atoms with van der Waals surface area (Å²) in [4.78, 5) is 0. The van der Waals surface area contributed by atoms with Gasteiger partial charge in [-0.3, -0.25) is 0 Å². The van der Waals surface area contributed by atoms with Crippen LogP contribution in [0, 0.1) is 0 Å². The van der Waals surface area contributed by atoms with Crippen molar-refractivity contribution >= 4 is 0 Å². The van der Waals surface area contributed by atoms with Crippen LogP contribution in [0.2, 0.25) is 0 Å². The van der Waals surface area contributed by atoms with Crippen LogP contribution in [-0.2, 0) is 0 Å². The first-order valence-corrected chi connectivity index (χ1v) is 5.77. The van der Waals surface area contributed by atoms with Gasteiger partial charge in [0.1, 0.15) is 12.4 Å². The van der Waals surface area contributed by atoms with Crippen LogP contribution in [0.5, 0.6) is 5.75 Å². The lowest BCUT2D eigenvalue weighted by molar-refractivity contribution is 0.344. The van der Waals surface area contributed by atoms with Crippen molar-refractivity contribution in [3.05, 3.63) is 42.0 Å². The highest BCUT2D eigenvalue weighted by molar-refractivity contribution is 5.36. The number of hydrogen-bond acceptors (Lipinski definition) is 2. The molecule has 1 atom stereocenters. The van der Waals surface area contributed by atoms with Crippen molar-refractivity contribution in [3.63, 3.8) is 0 Å². The van der Waals surface area contributed by atoms with Crippen molar-refractivity contribution in [2.24, 2.45) is 5.73 Å². The third-order valence-corrected chi connectivity index (χ3v) is 2.78. The molecule has 16 heavy (non-hydrogen) atoms. The Kier molecular flexibility index (Phi) is 5.06. The molecule has 0 aliphatic heterocycles. The lowest BCUT2D eigenvalue weighted by Crippen LogP contribution is -2.11. The normalized spacial score (nSPS) is 12.2. The van der Waals surface area contributed by atoms with E-state index >= 15 is 0 Å². The molecule has 0 spiro atoms. The zero-order chi connectivity index (χ0) is 12.0. The highest BCUT2D eigenvalue weighted by Gasteiger charge is 2.09. The van der Waals surface area contributed by atoms with Gasteiger partial charge < -0.3 is 10.5 Å². The van der Waals surface area contributed by atoms with E-state index in [1.165, 1.54) is 5.56 Å². The quantitative estimate of drug-likeness (QED) is 0.746. The number of ether oxygens (including phenoxy) is 1. The van der Waals surface area contributed by atoms with Gasteiger partial charge >= 0.3 is 0 Å². The standard InChI is InChI=1S/C14H21NO/c1-4-12(3)13-7-5-6-8-14(13)16-10-11(2)9-15/h5-8,12H,2,4,9-10,15H2,1,3H3. The van der Waals surface area contributed by atoms with E-state index in [-0.39, 0.29) is 0 Å². The third kappa shape index (κ3) is 3.38. The van der Waals surface area contributed by atoms with Gasteiger partial charge in [0.15, 0.2) is 0 Å². The molecule has 2 nitrogen and oxygen atoms in total. The summed E-state index contributed by atoms with van der Waals surface area (Å²) >= 11 is 0. The zero-order valence-electron chi connectivity index (χ0n) is 10.2. The molecule has 1 aromatic carbocycles. The van der Waals surface area contributed by atoms with Crippen LogP contribution in [0.1, 0.15) is 31.7 Å². The maximum atomic E-state index is 5.73. The van der Waals surface area contributed by atoms with E-state index in [0.717, 1.165) is 17.7 Å². The van der Waals surface area contributed by atoms with Crippen molar-refractivity contribution in [3.8, 4) is 5.75 Å². The van der Waals surface area contributed by atoms with Crippen LogP contribution in [-0.4, -0.2) is 13.2 Å². The molecular formula is C14H21NO. The summed E-state index contributed by atoms with van der Waals surface area (Å²) < 4.78 is 5.73. The molecule has 0 amide bonds. The fourth-order valence-electron chi connectivity index (χ4n) is 1.48. The number of hydrogen-bond donors (Lipinski definition) is 1. The van der Waals surface area contributed by atoms with Gasteiger partial charge in [-0.25, -0.2) is 0 Å². The Hall–Kier alpha value is -1.28. The molecule has 0 saturated heterocycles. The Morgan fingerprint density at radius 1 is 1.44 bits per heavy atom. The van der Waals surface area contributed by atoms with Gasteiger partial charge in [0.05, 0.1) is 0 Å². The summed E-state index contributed by atoms with van der Waals surface area (Å²) in [5, 5.41) is 0. The summed E-state index contributed by atoms with van der Waals surface area (Å²) in [6, 6.07) is 8.17. The number of para-hydroxylation sites is 1. The minimum atomic E-state index is 0.478. The van der Waals surface area contributed by atoms with E-state index in [0.29, 0.717) is 19.1 Å². The molecule has 1 unspecified atom stereocenters. The topological polar surface area (TPSA) is 35.2 Å². The second-order valence-corrected chi connectivity index (χ2v) is 4.09. The third-order valence-electron chi connectivity index (χ3n) is 2.78. The molecule has 0 saturated carbocycles. The molecule has 1 rings (SSSR count). The maximum Gasteiger partial charge on any atom is 0.123 e. The number of nitrogens with two attached hydrogens (primary N) is 1. The lowest BCUT2D eigenvalue weighted by atomic mass is 9.98. The largest absolute Gasteiger partial charge is 0.489 e. The minimum absolute atomic E-state index is 0.478. The molecule has 0 aromatic heterocycles. The molecule has 2 N–H and O–H groups in total. The van der Waals surface area contributed by atoms with Gasteiger partial charge in [0, 0.05) is 6.54 Å². The SMILES string of the molecule is C=C(CN)COc1ccccc1C(C)CC. The van der Waals surface area contributed by atoms with E-state index in [2.05, 4.69) is 26.5 Å². The first-order chi connectivity index (χ1) is 7.69. The van der Waals surface area contributed by atoms with E-state index in [1.807, 2.05) is 18.2 Å². The Morgan fingerprint density at radius 2 is 2.12 bits per heavy atom. The molecular weight excluding hydrogens is 198 g/mol. The highest BCUT2D eigenvalue weighted by Crippen LogP contribution is 2.28. The first-order valence-electron chi connectivity index (χ1n) is 5.77. The average molecular weight is 219 g/mol. The van der Waals surface area contributed by atoms with E-state index in [9.17, 15) is 0 Å². The van der Waals surface area contributed by atoms with Crippen molar-refractivity contribution in [2.75, 3.05) is 13.2 Å². The Balaban J connectivity index is 2.75. The monoisotopic (exact) mass is 219 g/mol. The van der Waals surface area contributed by atoms with Crippen LogP contribution in [0.3, 0.4) is 0 Å². The summed E-state index contributed by atoms with van der Waals surface area (Å²) in [6.07, 6.45) is 1.11. The van der Waals surface area contributed by atoms with Crippen LogP contribution in [0.15, 0.2) is 36.4 Å². The fourth-order valence-corrected chi connectivity index (χ4v) is 1.48. The summed E-state index contributed by atoms with van der Waals surface area (Å²) in [5.41, 5.74) is 7.66. The molecule has 0 heterocycles. The average Bonchev–Trinajstić information content (AvgIpc) is 2.35. The minimum Gasteiger partial charge on any atom is -0.489 e. The van der Waals surface area contributed by atoms with Crippen molar-refractivity contribution in [1.82, 2.24) is 0 Å². The molecule has 0 bridgehead atoms.